The average Bonchev–Trinajstić information content (AvgIpc) is 2.37. The molecule has 1 amide bonds. The highest BCUT2D eigenvalue weighted by molar-refractivity contribution is 9.10. The first-order chi connectivity index (χ1) is 9.23. The second kappa shape index (κ2) is 7.25. The van der Waals surface area contributed by atoms with Gasteiger partial charge >= 0.3 is 5.97 Å². The number of likely N-dealkylation sites (tertiary alicyclic amines) is 1. The Morgan fingerprint density at radius 2 is 2.05 bits per heavy atom. The Balaban J connectivity index is 2.50. The van der Waals surface area contributed by atoms with Gasteiger partial charge in [0.15, 0.2) is 0 Å². The van der Waals surface area contributed by atoms with Crippen molar-refractivity contribution in [3.05, 3.63) is 12.2 Å². The second-order valence-corrected chi connectivity index (χ2v) is 7.81. The molecular weight excluding hydrogens is 322 g/mol. The van der Waals surface area contributed by atoms with E-state index in [0.717, 1.165) is 25.8 Å². The lowest BCUT2D eigenvalue weighted by Crippen LogP contribution is -2.44. The van der Waals surface area contributed by atoms with Gasteiger partial charge in [-0.15, -0.1) is 0 Å². The summed E-state index contributed by atoms with van der Waals surface area (Å²) in [5.41, 5.74) is 0.565. The van der Waals surface area contributed by atoms with Crippen LogP contribution < -0.4 is 0 Å². The molecule has 0 aromatic rings. The lowest BCUT2D eigenvalue weighted by Gasteiger charge is -2.36. The minimum atomic E-state index is -0.660. The number of hydrogen-bond acceptors (Lipinski definition) is 3. The number of carbonyl (C=O) groups is 2. The van der Waals surface area contributed by atoms with Gasteiger partial charge in [-0.25, -0.2) is 0 Å². The lowest BCUT2D eigenvalue weighted by atomic mass is 9.99. The van der Waals surface area contributed by atoms with Gasteiger partial charge in [0, 0.05) is 24.6 Å². The summed E-state index contributed by atoms with van der Waals surface area (Å²) in [5.74, 6) is -0.257. The number of ether oxygens (including phenoxy) is 1. The molecule has 1 heterocycles. The van der Waals surface area contributed by atoms with E-state index in [9.17, 15) is 9.59 Å². The van der Waals surface area contributed by atoms with E-state index in [1.165, 1.54) is 0 Å². The summed E-state index contributed by atoms with van der Waals surface area (Å²) in [5, 5.41) is 0. The maximum Gasteiger partial charge on any atom is 0.322 e. The minimum absolute atomic E-state index is 0.0156. The molecule has 1 saturated heterocycles. The number of rotatable bonds is 5. The molecule has 0 aromatic carbocycles. The molecule has 0 spiro atoms. The van der Waals surface area contributed by atoms with Crippen LogP contribution in [0.5, 0.6) is 0 Å². The highest BCUT2D eigenvalue weighted by Gasteiger charge is 2.29. The van der Waals surface area contributed by atoms with Crippen molar-refractivity contribution in [1.29, 1.82) is 0 Å². The standard InChI is InChI=1S/C15H24BrNO3/c1-11(2)13(18)17-9-6-5-7-12(17)8-10-20-14(19)15(3,4)16/h12H,1,5-10H2,2-4H3. The van der Waals surface area contributed by atoms with Gasteiger partial charge in [-0.3, -0.25) is 9.59 Å². The zero-order valence-electron chi connectivity index (χ0n) is 12.6. The quantitative estimate of drug-likeness (QED) is 0.437. The van der Waals surface area contributed by atoms with Crippen LogP contribution in [0.4, 0.5) is 0 Å². The second-order valence-electron chi connectivity index (χ2n) is 5.83. The predicted molar refractivity (Wildman–Crippen MR) is 82.7 cm³/mol. The maximum absolute atomic E-state index is 12.1. The molecule has 0 radical (unpaired) electrons. The Morgan fingerprint density at radius 1 is 1.40 bits per heavy atom. The summed E-state index contributed by atoms with van der Waals surface area (Å²) < 4.78 is 4.59. The van der Waals surface area contributed by atoms with Crippen molar-refractivity contribution in [3.8, 4) is 0 Å². The van der Waals surface area contributed by atoms with E-state index in [0.29, 0.717) is 18.6 Å². The normalized spacial score (nSPS) is 19.6. The molecular formula is C15H24BrNO3. The van der Waals surface area contributed by atoms with Crippen molar-refractivity contribution >= 4 is 27.8 Å². The van der Waals surface area contributed by atoms with Crippen LogP contribution in [-0.2, 0) is 14.3 Å². The third kappa shape index (κ3) is 4.93. The third-order valence-corrected chi connectivity index (χ3v) is 3.75. The first-order valence-electron chi connectivity index (χ1n) is 7.06. The summed E-state index contributed by atoms with van der Waals surface area (Å²) in [6.45, 7) is 10.1. The fraction of sp³-hybridized carbons (Fsp3) is 0.733. The first kappa shape index (κ1) is 17.2. The first-order valence-corrected chi connectivity index (χ1v) is 7.85. The summed E-state index contributed by atoms with van der Waals surface area (Å²) in [6.07, 6.45) is 3.80. The molecule has 20 heavy (non-hydrogen) atoms. The Hall–Kier alpha value is -0.840. The molecule has 1 rings (SSSR count). The smallest absolute Gasteiger partial charge is 0.322 e. The van der Waals surface area contributed by atoms with Crippen molar-refractivity contribution in [1.82, 2.24) is 4.90 Å². The molecule has 0 N–H and O–H groups in total. The molecule has 1 aliphatic heterocycles. The topological polar surface area (TPSA) is 46.6 Å². The highest BCUT2D eigenvalue weighted by Crippen LogP contribution is 2.22. The Bertz CT molecular complexity index is 387. The van der Waals surface area contributed by atoms with Crippen LogP contribution in [0.3, 0.4) is 0 Å². The van der Waals surface area contributed by atoms with Crippen LogP contribution in [0.25, 0.3) is 0 Å². The fourth-order valence-electron chi connectivity index (χ4n) is 2.27. The highest BCUT2D eigenvalue weighted by atomic mass is 79.9. The minimum Gasteiger partial charge on any atom is -0.465 e. The number of piperidine rings is 1. The van der Waals surface area contributed by atoms with Crippen LogP contribution in [0.15, 0.2) is 12.2 Å². The van der Waals surface area contributed by atoms with Gasteiger partial charge < -0.3 is 9.64 Å². The number of carbonyl (C=O) groups excluding carboxylic acids is 2. The molecule has 0 aliphatic carbocycles. The van der Waals surface area contributed by atoms with E-state index in [2.05, 4.69) is 22.5 Å². The fourth-order valence-corrected chi connectivity index (χ4v) is 2.39. The number of esters is 1. The molecule has 5 heteroatoms. The molecule has 114 valence electrons. The van der Waals surface area contributed by atoms with Gasteiger partial charge in [-0.2, -0.15) is 0 Å². The van der Waals surface area contributed by atoms with Crippen molar-refractivity contribution in [2.45, 2.75) is 56.8 Å². The van der Waals surface area contributed by atoms with E-state index in [-0.39, 0.29) is 17.9 Å². The van der Waals surface area contributed by atoms with Crippen LogP contribution in [0, 0.1) is 0 Å². The molecule has 1 fully saturated rings. The van der Waals surface area contributed by atoms with Crippen LogP contribution >= 0.6 is 15.9 Å². The molecule has 0 saturated carbocycles. The summed E-state index contributed by atoms with van der Waals surface area (Å²) in [4.78, 5) is 25.6. The molecule has 4 nitrogen and oxygen atoms in total. The van der Waals surface area contributed by atoms with Crippen molar-refractivity contribution in [2.75, 3.05) is 13.2 Å². The van der Waals surface area contributed by atoms with Crippen molar-refractivity contribution < 1.29 is 14.3 Å². The monoisotopic (exact) mass is 345 g/mol. The zero-order valence-corrected chi connectivity index (χ0v) is 14.2. The number of hydrogen-bond donors (Lipinski definition) is 0. The van der Waals surface area contributed by atoms with Gasteiger partial charge in [0.05, 0.1) is 6.61 Å². The van der Waals surface area contributed by atoms with Gasteiger partial charge in [0.25, 0.3) is 0 Å². The van der Waals surface area contributed by atoms with E-state index >= 15 is 0 Å². The van der Waals surface area contributed by atoms with Crippen LogP contribution in [0.1, 0.15) is 46.5 Å². The predicted octanol–water partition coefficient (Wildman–Crippen LogP) is 3.05. The van der Waals surface area contributed by atoms with Gasteiger partial charge in [-0.05, 0) is 40.0 Å². The largest absolute Gasteiger partial charge is 0.465 e. The van der Waals surface area contributed by atoms with Crippen molar-refractivity contribution in [3.63, 3.8) is 0 Å². The van der Waals surface area contributed by atoms with E-state index in [4.69, 9.17) is 4.74 Å². The molecule has 1 unspecified atom stereocenters. The molecule has 1 atom stereocenters. The van der Waals surface area contributed by atoms with Crippen LogP contribution in [-0.4, -0.2) is 40.3 Å². The summed E-state index contributed by atoms with van der Waals surface area (Å²) in [7, 11) is 0. The van der Waals surface area contributed by atoms with Crippen molar-refractivity contribution in [2.24, 2.45) is 0 Å². The molecule has 0 aromatic heterocycles. The molecule has 0 bridgehead atoms. The number of halogens is 1. The van der Waals surface area contributed by atoms with Crippen LogP contribution in [0.2, 0.25) is 0 Å². The Morgan fingerprint density at radius 3 is 2.60 bits per heavy atom. The van der Waals surface area contributed by atoms with Gasteiger partial charge in [0.2, 0.25) is 5.91 Å². The number of alkyl halides is 1. The Kier molecular flexibility index (Phi) is 6.24. The van der Waals surface area contributed by atoms with E-state index < -0.39 is 4.32 Å². The Labute approximate surface area is 129 Å². The average molecular weight is 346 g/mol. The SMILES string of the molecule is C=C(C)C(=O)N1CCCCC1CCOC(=O)C(C)(C)Br. The van der Waals surface area contributed by atoms with Gasteiger partial charge in [-0.1, -0.05) is 22.5 Å². The summed E-state index contributed by atoms with van der Waals surface area (Å²) in [6, 6.07) is 0.152. The maximum atomic E-state index is 12.1. The van der Waals surface area contributed by atoms with E-state index in [1.807, 2.05) is 4.90 Å². The lowest BCUT2D eigenvalue weighted by molar-refractivity contribution is -0.146. The van der Waals surface area contributed by atoms with E-state index in [1.54, 1.807) is 20.8 Å². The zero-order chi connectivity index (χ0) is 15.3. The number of amides is 1. The third-order valence-electron chi connectivity index (χ3n) is 3.42. The molecule has 1 aliphatic rings. The summed E-state index contributed by atoms with van der Waals surface area (Å²) >= 11 is 3.27. The number of nitrogens with zero attached hydrogens (tertiary/aromatic N) is 1. The van der Waals surface area contributed by atoms with Gasteiger partial charge in [0.1, 0.15) is 4.32 Å².